The summed E-state index contributed by atoms with van der Waals surface area (Å²) in [5, 5.41) is 9.63. The van der Waals surface area contributed by atoms with E-state index in [9.17, 15) is 19.5 Å². The van der Waals surface area contributed by atoms with Crippen LogP contribution in [0.25, 0.3) is 0 Å². The van der Waals surface area contributed by atoms with Crippen LogP contribution in [0, 0.1) is 0 Å². The van der Waals surface area contributed by atoms with Crippen LogP contribution in [0.4, 0.5) is 0 Å². The third-order valence-electron chi connectivity index (χ3n) is 5.76. The van der Waals surface area contributed by atoms with Crippen molar-refractivity contribution in [3.8, 4) is 5.75 Å². The summed E-state index contributed by atoms with van der Waals surface area (Å²) in [5.41, 5.74) is -1.07. The van der Waals surface area contributed by atoms with Gasteiger partial charge in [0.15, 0.2) is 11.4 Å². The molecule has 3 heterocycles. The minimum atomic E-state index is -1.37. The van der Waals surface area contributed by atoms with Crippen molar-refractivity contribution in [1.29, 1.82) is 0 Å². The van der Waals surface area contributed by atoms with Gasteiger partial charge in [-0.1, -0.05) is 30.3 Å². The number of ether oxygens (including phenoxy) is 3. The average Bonchev–Trinajstić information content (AvgIpc) is 3.23. The second-order valence-electron chi connectivity index (χ2n) is 7.75. The molecule has 9 nitrogen and oxygen atoms in total. The third-order valence-corrected chi connectivity index (χ3v) is 5.76. The molecule has 1 unspecified atom stereocenters. The quantitative estimate of drug-likeness (QED) is 0.709. The van der Waals surface area contributed by atoms with Crippen molar-refractivity contribution in [1.82, 2.24) is 9.47 Å². The molecule has 2 aromatic rings. The van der Waals surface area contributed by atoms with Crippen LogP contribution in [0.3, 0.4) is 0 Å². The summed E-state index contributed by atoms with van der Waals surface area (Å²) in [6.07, 6.45) is 1.84. The second-order valence-corrected chi connectivity index (χ2v) is 7.75. The van der Waals surface area contributed by atoms with Gasteiger partial charge >= 0.3 is 5.97 Å². The molecule has 1 spiro atoms. The number of hydrogen-bond acceptors (Lipinski definition) is 6. The molecule has 1 aromatic carbocycles. The van der Waals surface area contributed by atoms with Crippen LogP contribution in [0.1, 0.15) is 32.8 Å². The minimum absolute atomic E-state index is 0.0288. The van der Waals surface area contributed by atoms with Gasteiger partial charge in [-0.25, -0.2) is 4.79 Å². The molecule has 1 aromatic heterocycles. The van der Waals surface area contributed by atoms with Crippen LogP contribution in [-0.4, -0.2) is 66.5 Å². The first-order valence-electron chi connectivity index (χ1n) is 10.0. The summed E-state index contributed by atoms with van der Waals surface area (Å²) in [6, 6.07) is 9.16. The number of pyridine rings is 1. The molecule has 0 radical (unpaired) electrons. The molecule has 1 amide bonds. The molecule has 0 saturated carbocycles. The maximum absolute atomic E-state index is 13.4. The number of fused-ring (bicyclic) bond motifs is 2. The first kappa shape index (κ1) is 21.1. The summed E-state index contributed by atoms with van der Waals surface area (Å²) in [6.45, 7) is 1.81. The van der Waals surface area contributed by atoms with E-state index in [0.29, 0.717) is 39.3 Å². The van der Waals surface area contributed by atoms with Crippen molar-refractivity contribution in [3.05, 3.63) is 63.6 Å². The number of carbonyl (C=O) groups excluding carboxylic acids is 1. The van der Waals surface area contributed by atoms with Crippen molar-refractivity contribution in [2.24, 2.45) is 0 Å². The molecular weight excluding hydrogens is 404 g/mol. The summed E-state index contributed by atoms with van der Waals surface area (Å²) in [4.78, 5) is 39.8. The van der Waals surface area contributed by atoms with E-state index >= 15 is 0 Å². The van der Waals surface area contributed by atoms with Crippen LogP contribution >= 0.6 is 0 Å². The normalized spacial score (nSPS) is 20.2. The number of methoxy groups -OCH3 is 1. The number of benzene rings is 1. The minimum Gasteiger partial charge on any atom is -0.483 e. The molecular formula is C22H24N2O7. The average molecular weight is 428 g/mol. The van der Waals surface area contributed by atoms with Crippen molar-refractivity contribution in [2.45, 2.75) is 18.6 Å². The lowest BCUT2D eigenvalue weighted by Gasteiger charge is -2.43. The number of aromatic carboxylic acids is 1. The third kappa shape index (κ3) is 3.82. The van der Waals surface area contributed by atoms with E-state index in [2.05, 4.69) is 0 Å². The van der Waals surface area contributed by atoms with Crippen LogP contribution in [0.15, 0.2) is 41.3 Å². The largest absolute Gasteiger partial charge is 0.483 e. The first-order chi connectivity index (χ1) is 15.0. The highest BCUT2D eigenvalue weighted by Gasteiger charge is 2.47. The lowest BCUT2D eigenvalue weighted by atomic mass is 9.92. The molecule has 4 rings (SSSR count). The van der Waals surface area contributed by atoms with Crippen LogP contribution < -0.4 is 10.2 Å². The van der Waals surface area contributed by atoms with Crippen LogP contribution in [0.5, 0.6) is 5.75 Å². The smallest absolute Gasteiger partial charge is 0.341 e. The second kappa shape index (κ2) is 8.52. The van der Waals surface area contributed by atoms with Gasteiger partial charge in [-0.15, -0.1) is 0 Å². The first-order valence-corrected chi connectivity index (χ1v) is 10.0. The van der Waals surface area contributed by atoms with Crippen molar-refractivity contribution in [2.75, 3.05) is 40.0 Å². The van der Waals surface area contributed by atoms with Gasteiger partial charge < -0.3 is 28.8 Å². The maximum Gasteiger partial charge on any atom is 0.341 e. The van der Waals surface area contributed by atoms with Gasteiger partial charge in [0.2, 0.25) is 5.43 Å². The van der Waals surface area contributed by atoms with E-state index in [1.807, 2.05) is 30.3 Å². The zero-order valence-corrected chi connectivity index (χ0v) is 17.2. The van der Waals surface area contributed by atoms with Crippen molar-refractivity contribution in [3.63, 3.8) is 0 Å². The van der Waals surface area contributed by atoms with E-state index in [-0.39, 0.29) is 18.1 Å². The molecule has 0 bridgehead atoms. The SMILES string of the molecule is COCCN1CC2(CCOC2)n2cc(C(=O)O)c(=O)c(OCc3ccccc3)c2C1=O. The van der Waals surface area contributed by atoms with Crippen molar-refractivity contribution >= 4 is 11.9 Å². The highest BCUT2D eigenvalue weighted by Crippen LogP contribution is 2.37. The predicted molar refractivity (Wildman–Crippen MR) is 110 cm³/mol. The standard InChI is InChI=1S/C22H24N2O7/c1-29-10-8-23-13-22(7-9-30-14-22)24-11-16(21(27)28)18(25)19(17(24)20(23)26)31-12-15-5-3-2-4-6-15/h2-6,11H,7-10,12-14H2,1H3,(H,27,28). The zero-order valence-electron chi connectivity index (χ0n) is 17.2. The molecule has 1 N–H and O–H groups in total. The molecule has 1 saturated heterocycles. The van der Waals surface area contributed by atoms with Gasteiger partial charge in [0.25, 0.3) is 5.91 Å². The maximum atomic E-state index is 13.4. The Morgan fingerprint density at radius 3 is 2.68 bits per heavy atom. The Morgan fingerprint density at radius 1 is 1.26 bits per heavy atom. The Bertz CT molecular complexity index is 1040. The number of carbonyl (C=O) groups is 2. The number of rotatable bonds is 7. The van der Waals surface area contributed by atoms with Gasteiger partial charge in [-0.2, -0.15) is 0 Å². The van der Waals surface area contributed by atoms with E-state index in [0.717, 1.165) is 5.56 Å². The fraction of sp³-hybridized carbons (Fsp3) is 0.409. The summed E-state index contributed by atoms with van der Waals surface area (Å²) in [5.74, 6) is -2.01. The molecule has 164 valence electrons. The van der Waals surface area contributed by atoms with E-state index in [4.69, 9.17) is 14.2 Å². The van der Waals surface area contributed by atoms with Crippen LogP contribution in [-0.2, 0) is 21.6 Å². The van der Waals surface area contributed by atoms with E-state index in [1.165, 1.54) is 6.20 Å². The molecule has 0 aliphatic carbocycles. The van der Waals surface area contributed by atoms with Crippen molar-refractivity contribution < 1.29 is 28.9 Å². The summed E-state index contributed by atoms with van der Waals surface area (Å²) >= 11 is 0. The van der Waals surface area contributed by atoms with Crippen LogP contribution in [0.2, 0.25) is 0 Å². The van der Waals surface area contributed by atoms with Gasteiger partial charge in [0, 0.05) is 33.0 Å². The highest BCUT2D eigenvalue weighted by atomic mass is 16.5. The Balaban J connectivity index is 1.86. The molecule has 2 aliphatic heterocycles. The topological polar surface area (TPSA) is 107 Å². The van der Waals surface area contributed by atoms with E-state index < -0.39 is 28.4 Å². The molecule has 2 aliphatic rings. The molecule has 31 heavy (non-hydrogen) atoms. The van der Waals surface area contributed by atoms with Gasteiger partial charge in [0.05, 0.1) is 18.8 Å². The fourth-order valence-corrected chi connectivity index (χ4v) is 4.13. The fourth-order valence-electron chi connectivity index (χ4n) is 4.13. The Morgan fingerprint density at radius 2 is 2.03 bits per heavy atom. The number of carboxylic acid groups (broad SMARTS) is 1. The lowest BCUT2D eigenvalue weighted by Crippen LogP contribution is -2.56. The van der Waals surface area contributed by atoms with Gasteiger partial charge in [-0.05, 0) is 12.0 Å². The lowest BCUT2D eigenvalue weighted by molar-refractivity contribution is 0.0417. The highest BCUT2D eigenvalue weighted by molar-refractivity contribution is 5.98. The monoisotopic (exact) mass is 428 g/mol. The van der Waals surface area contributed by atoms with E-state index in [1.54, 1.807) is 16.6 Å². The summed E-state index contributed by atoms with van der Waals surface area (Å²) < 4.78 is 18.2. The molecule has 9 heteroatoms. The Hall–Kier alpha value is -3.17. The number of carboxylic acids is 1. The number of amides is 1. The number of nitrogens with zero attached hydrogens (tertiary/aromatic N) is 2. The Labute approximate surface area is 178 Å². The predicted octanol–water partition coefficient (Wildman–Crippen LogP) is 1.34. The van der Waals surface area contributed by atoms with Gasteiger partial charge in [0.1, 0.15) is 12.2 Å². The molecule has 1 fully saturated rings. The number of hydrogen-bond donors (Lipinski definition) is 1. The number of aromatic nitrogens is 1. The summed E-state index contributed by atoms with van der Waals surface area (Å²) in [7, 11) is 1.55. The Kier molecular flexibility index (Phi) is 5.79. The molecule has 1 atom stereocenters. The van der Waals surface area contributed by atoms with Gasteiger partial charge in [-0.3, -0.25) is 9.59 Å². The zero-order chi connectivity index (χ0) is 22.0.